The Morgan fingerprint density at radius 2 is 1.47 bits per heavy atom. The molecule has 3 rings (SSSR count). The van der Waals surface area contributed by atoms with Crippen molar-refractivity contribution in [3.8, 4) is 11.5 Å². The number of aryl methyl sites for hydroxylation is 1. The Morgan fingerprint density at radius 3 is 2.06 bits per heavy atom. The highest BCUT2D eigenvalue weighted by atomic mass is 16.5. The molecular formula is C30H36N2O4. The van der Waals surface area contributed by atoms with Crippen LogP contribution in [0.4, 0.5) is 0 Å². The molecule has 190 valence electrons. The first-order valence-corrected chi connectivity index (χ1v) is 12.1. The van der Waals surface area contributed by atoms with Crippen molar-refractivity contribution in [1.29, 1.82) is 0 Å². The molecule has 6 heteroatoms. The summed E-state index contributed by atoms with van der Waals surface area (Å²) < 4.78 is 11.0. The van der Waals surface area contributed by atoms with Crippen LogP contribution in [0, 0.1) is 6.92 Å². The summed E-state index contributed by atoms with van der Waals surface area (Å²) in [4.78, 5) is 28.8. The third kappa shape index (κ3) is 8.15. The lowest BCUT2D eigenvalue weighted by Crippen LogP contribution is -2.55. The maximum absolute atomic E-state index is 13.6. The number of nitrogens with one attached hydrogen (secondary N) is 1. The first-order chi connectivity index (χ1) is 17.1. The Labute approximate surface area is 214 Å². The number of amides is 2. The van der Waals surface area contributed by atoms with Crippen LogP contribution in [-0.4, -0.2) is 42.0 Å². The minimum atomic E-state index is -0.708. The Balaban J connectivity index is 1.90. The van der Waals surface area contributed by atoms with Gasteiger partial charge in [0.15, 0.2) is 6.61 Å². The van der Waals surface area contributed by atoms with Crippen molar-refractivity contribution in [2.45, 2.75) is 52.2 Å². The van der Waals surface area contributed by atoms with Crippen molar-refractivity contribution in [1.82, 2.24) is 10.2 Å². The average Bonchev–Trinajstić information content (AvgIpc) is 2.85. The molecule has 0 saturated carbocycles. The molecule has 0 aliphatic rings. The monoisotopic (exact) mass is 488 g/mol. The van der Waals surface area contributed by atoms with Gasteiger partial charge in [-0.3, -0.25) is 9.59 Å². The van der Waals surface area contributed by atoms with Crippen molar-refractivity contribution in [3.05, 3.63) is 95.6 Å². The van der Waals surface area contributed by atoms with E-state index in [1.54, 1.807) is 36.3 Å². The molecule has 6 nitrogen and oxygen atoms in total. The van der Waals surface area contributed by atoms with Crippen LogP contribution in [0.1, 0.15) is 37.5 Å². The van der Waals surface area contributed by atoms with E-state index in [0.717, 1.165) is 16.7 Å². The van der Waals surface area contributed by atoms with Gasteiger partial charge < -0.3 is 19.7 Å². The second-order valence-corrected chi connectivity index (χ2v) is 9.92. The number of carbonyl (C=O) groups excluding carboxylic acids is 2. The zero-order chi connectivity index (χ0) is 26.1. The zero-order valence-electron chi connectivity index (χ0n) is 21.8. The van der Waals surface area contributed by atoms with Crippen LogP contribution in [-0.2, 0) is 22.6 Å². The highest BCUT2D eigenvalue weighted by Crippen LogP contribution is 2.19. The highest BCUT2D eigenvalue weighted by molar-refractivity contribution is 5.89. The first kappa shape index (κ1) is 26.8. The minimum Gasteiger partial charge on any atom is -0.497 e. The predicted octanol–water partition coefficient (Wildman–Crippen LogP) is 4.94. The molecule has 0 saturated heterocycles. The van der Waals surface area contributed by atoms with E-state index in [4.69, 9.17) is 9.47 Å². The molecule has 0 aromatic heterocycles. The summed E-state index contributed by atoms with van der Waals surface area (Å²) in [5, 5.41) is 3.07. The number of nitrogens with zero attached hydrogens (tertiary/aromatic N) is 1. The lowest BCUT2D eigenvalue weighted by molar-refractivity contribution is -0.143. The molecule has 1 N–H and O–H groups in total. The van der Waals surface area contributed by atoms with E-state index in [0.29, 0.717) is 24.5 Å². The van der Waals surface area contributed by atoms with Crippen LogP contribution in [0.2, 0.25) is 0 Å². The van der Waals surface area contributed by atoms with Gasteiger partial charge in [0, 0.05) is 18.5 Å². The van der Waals surface area contributed by atoms with Gasteiger partial charge in [0.05, 0.1) is 7.11 Å². The Hall–Kier alpha value is -3.80. The number of hydrogen-bond acceptors (Lipinski definition) is 4. The van der Waals surface area contributed by atoms with Gasteiger partial charge in [0.25, 0.3) is 5.91 Å². The van der Waals surface area contributed by atoms with Gasteiger partial charge in [-0.05, 0) is 63.1 Å². The molecule has 0 heterocycles. The first-order valence-electron chi connectivity index (χ1n) is 12.1. The lowest BCUT2D eigenvalue weighted by atomic mass is 10.0. The van der Waals surface area contributed by atoms with E-state index in [9.17, 15) is 9.59 Å². The van der Waals surface area contributed by atoms with Crippen LogP contribution < -0.4 is 14.8 Å². The highest BCUT2D eigenvalue weighted by Gasteiger charge is 2.32. The fourth-order valence-electron chi connectivity index (χ4n) is 3.80. The van der Waals surface area contributed by atoms with Gasteiger partial charge in [-0.2, -0.15) is 0 Å². The largest absolute Gasteiger partial charge is 0.497 e. The SMILES string of the molecule is COc1ccc(OCC(=O)N(Cc2ccc(C)cc2)[C@@H](Cc2ccccc2)C(=O)NC(C)(C)C)cc1. The van der Waals surface area contributed by atoms with E-state index in [2.05, 4.69) is 5.32 Å². The summed E-state index contributed by atoms with van der Waals surface area (Å²) >= 11 is 0. The van der Waals surface area contributed by atoms with Gasteiger partial charge in [0.1, 0.15) is 17.5 Å². The van der Waals surface area contributed by atoms with E-state index >= 15 is 0 Å². The molecule has 3 aromatic carbocycles. The lowest BCUT2D eigenvalue weighted by Gasteiger charge is -2.33. The third-order valence-corrected chi connectivity index (χ3v) is 5.66. The molecule has 0 unspecified atom stereocenters. The molecule has 0 aliphatic carbocycles. The van der Waals surface area contributed by atoms with E-state index in [1.165, 1.54) is 0 Å². The molecule has 0 fully saturated rings. The van der Waals surface area contributed by atoms with Gasteiger partial charge in [0.2, 0.25) is 5.91 Å². The topological polar surface area (TPSA) is 67.9 Å². The van der Waals surface area contributed by atoms with Crippen LogP contribution in [0.15, 0.2) is 78.9 Å². The summed E-state index contributed by atoms with van der Waals surface area (Å²) in [6.45, 7) is 7.92. The number of rotatable bonds is 10. The fourth-order valence-corrected chi connectivity index (χ4v) is 3.80. The Kier molecular flexibility index (Phi) is 9.12. The Morgan fingerprint density at radius 1 is 0.861 bits per heavy atom. The normalized spacial score (nSPS) is 11.9. The second kappa shape index (κ2) is 12.2. The van der Waals surface area contributed by atoms with Gasteiger partial charge >= 0.3 is 0 Å². The third-order valence-electron chi connectivity index (χ3n) is 5.66. The summed E-state index contributed by atoms with van der Waals surface area (Å²) in [7, 11) is 1.60. The maximum Gasteiger partial charge on any atom is 0.261 e. The van der Waals surface area contributed by atoms with E-state index < -0.39 is 11.6 Å². The second-order valence-electron chi connectivity index (χ2n) is 9.92. The van der Waals surface area contributed by atoms with Crippen molar-refractivity contribution in [3.63, 3.8) is 0 Å². The molecule has 3 aromatic rings. The van der Waals surface area contributed by atoms with E-state index in [1.807, 2.05) is 82.3 Å². The standard InChI is InChI=1S/C30H36N2O4/c1-22-11-13-24(14-12-22)20-32(28(33)21-36-26-17-15-25(35-5)16-18-26)27(29(34)31-30(2,3)4)19-23-9-7-6-8-10-23/h6-18,27H,19-21H2,1-5H3,(H,31,34)/t27-/m0/s1. The van der Waals surface area contributed by atoms with Crippen LogP contribution in [0.25, 0.3) is 0 Å². The number of methoxy groups -OCH3 is 1. The molecular weight excluding hydrogens is 452 g/mol. The molecule has 0 spiro atoms. The molecule has 0 aliphatic heterocycles. The average molecular weight is 489 g/mol. The minimum absolute atomic E-state index is 0.188. The maximum atomic E-state index is 13.6. The Bertz CT molecular complexity index is 1120. The summed E-state index contributed by atoms with van der Waals surface area (Å²) in [5.41, 5.74) is 2.61. The van der Waals surface area contributed by atoms with Crippen LogP contribution in [0.3, 0.4) is 0 Å². The zero-order valence-corrected chi connectivity index (χ0v) is 21.8. The van der Waals surface area contributed by atoms with Gasteiger partial charge in [-0.15, -0.1) is 0 Å². The van der Waals surface area contributed by atoms with Crippen LogP contribution in [0.5, 0.6) is 11.5 Å². The quantitative estimate of drug-likeness (QED) is 0.439. The summed E-state index contributed by atoms with van der Waals surface area (Å²) in [6, 6.07) is 24.1. The molecule has 1 atom stereocenters. The molecule has 2 amide bonds. The van der Waals surface area contributed by atoms with Crippen molar-refractivity contribution in [2.75, 3.05) is 13.7 Å². The summed E-state index contributed by atoms with van der Waals surface area (Å²) in [5.74, 6) is 0.794. The number of hydrogen-bond donors (Lipinski definition) is 1. The number of ether oxygens (including phenoxy) is 2. The number of benzene rings is 3. The van der Waals surface area contributed by atoms with Crippen molar-refractivity contribution < 1.29 is 19.1 Å². The predicted molar refractivity (Wildman–Crippen MR) is 142 cm³/mol. The van der Waals surface area contributed by atoms with E-state index in [-0.39, 0.29) is 18.4 Å². The smallest absolute Gasteiger partial charge is 0.261 e. The number of carbonyl (C=O) groups is 2. The van der Waals surface area contributed by atoms with Crippen LogP contribution >= 0.6 is 0 Å². The molecule has 0 radical (unpaired) electrons. The fraction of sp³-hybridized carbons (Fsp3) is 0.333. The molecule has 36 heavy (non-hydrogen) atoms. The van der Waals surface area contributed by atoms with Crippen molar-refractivity contribution >= 4 is 11.8 Å². The van der Waals surface area contributed by atoms with Crippen molar-refractivity contribution in [2.24, 2.45) is 0 Å². The van der Waals surface area contributed by atoms with Gasteiger partial charge in [-0.1, -0.05) is 60.2 Å². The molecule has 0 bridgehead atoms. The summed E-state index contributed by atoms with van der Waals surface area (Å²) in [6.07, 6.45) is 0.392. The van der Waals surface area contributed by atoms with Gasteiger partial charge in [-0.25, -0.2) is 0 Å².